The lowest BCUT2D eigenvalue weighted by atomic mass is 9.89. The van der Waals surface area contributed by atoms with Crippen molar-refractivity contribution >= 4 is 5.97 Å². The largest absolute Gasteiger partial charge is 0.469 e. The summed E-state index contributed by atoms with van der Waals surface area (Å²) in [7, 11) is 0. The van der Waals surface area contributed by atoms with Crippen molar-refractivity contribution in [3.8, 4) is 17.0 Å². The van der Waals surface area contributed by atoms with Crippen molar-refractivity contribution < 1.29 is 32.2 Å². The highest BCUT2D eigenvalue weighted by molar-refractivity contribution is 5.90. The average Bonchev–Trinajstić information content (AvgIpc) is 2.66. The van der Waals surface area contributed by atoms with Gasteiger partial charge in [0, 0.05) is 11.1 Å². The molecule has 0 bridgehead atoms. The number of pyridine rings is 1. The zero-order chi connectivity index (χ0) is 21.2. The first-order valence-electron chi connectivity index (χ1n) is 9.29. The van der Waals surface area contributed by atoms with Gasteiger partial charge < -0.3 is 14.2 Å². The zero-order valence-corrected chi connectivity index (χ0v) is 16.4. The molecule has 2 aromatic rings. The van der Waals surface area contributed by atoms with Crippen LogP contribution in [0.5, 0.6) is 5.88 Å². The summed E-state index contributed by atoms with van der Waals surface area (Å²) in [6.45, 7) is 1.94. The van der Waals surface area contributed by atoms with Gasteiger partial charge >= 0.3 is 12.6 Å². The van der Waals surface area contributed by atoms with E-state index in [2.05, 4.69) is 9.72 Å². The van der Waals surface area contributed by atoms with Crippen molar-refractivity contribution in [2.45, 2.75) is 45.8 Å². The SMILES string of the molecule is CCOC(=O)c1cc(-c2ccc(C)cc2F)c2c(n1)OC(C)(COC(F)F)CC2. The fourth-order valence-corrected chi connectivity index (χ4v) is 3.28. The fourth-order valence-electron chi connectivity index (χ4n) is 3.28. The van der Waals surface area contributed by atoms with Crippen LogP contribution in [0.25, 0.3) is 11.1 Å². The van der Waals surface area contributed by atoms with Crippen LogP contribution in [-0.2, 0) is 15.9 Å². The van der Waals surface area contributed by atoms with E-state index >= 15 is 0 Å². The average molecular weight is 409 g/mol. The topological polar surface area (TPSA) is 57.7 Å². The standard InChI is InChI=1S/C21H22F3NO4/c1-4-27-19(26)17-10-15(13-6-5-12(2)9-16(13)22)14-7-8-21(3,11-28-20(23)24)29-18(14)25-17/h5-6,9-10,20H,4,7-8,11H2,1-3H3. The van der Waals surface area contributed by atoms with Crippen molar-refractivity contribution in [1.82, 2.24) is 4.98 Å². The summed E-state index contributed by atoms with van der Waals surface area (Å²) in [6, 6.07) is 6.27. The Kier molecular flexibility index (Phi) is 6.12. The Balaban J connectivity index is 2.08. The van der Waals surface area contributed by atoms with Crippen molar-refractivity contribution in [2.24, 2.45) is 0 Å². The van der Waals surface area contributed by atoms with Crippen LogP contribution in [0.3, 0.4) is 0 Å². The van der Waals surface area contributed by atoms with E-state index < -0.39 is 24.0 Å². The van der Waals surface area contributed by atoms with E-state index in [4.69, 9.17) is 9.47 Å². The summed E-state index contributed by atoms with van der Waals surface area (Å²) in [5.41, 5.74) is 1.04. The number of ether oxygens (including phenoxy) is 3. The number of nitrogens with zero attached hydrogens (tertiary/aromatic N) is 1. The van der Waals surface area contributed by atoms with Crippen molar-refractivity contribution in [2.75, 3.05) is 13.2 Å². The quantitative estimate of drug-likeness (QED) is 0.648. The molecular formula is C21H22F3NO4. The van der Waals surface area contributed by atoms with Gasteiger partial charge in [-0.1, -0.05) is 12.1 Å². The normalized spacial score (nSPS) is 18.3. The Labute approximate surface area is 166 Å². The minimum atomic E-state index is -2.92. The van der Waals surface area contributed by atoms with Crippen molar-refractivity contribution in [3.63, 3.8) is 0 Å². The molecule has 1 aliphatic rings. The van der Waals surface area contributed by atoms with E-state index in [1.165, 1.54) is 12.1 Å². The van der Waals surface area contributed by atoms with Crippen LogP contribution in [0, 0.1) is 12.7 Å². The third-order valence-corrected chi connectivity index (χ3v) is 4.75. The van der Waals surface area contributed by atoms with Gasteiger partial charge in [-0.25, -0.2) is 14.2 Å². The third kappa shape index (κ3) is 4.70. The number of fused-ring (bicyclic) bond motifs is 1. The molecule has 1 aliphatic heterocycles. The van der Waals surface area contributed by atoms with E-state index in [0.717, 1.165) is 5.56 Å². The summed E-state index contributed by atoms with van der Waals surface area (Å²) < 4.78 is 54.9. The van der Waals surface area contributed by atoms with E-state index in [0.29, 0.717) is 29.5 Å². The van der Waals surface area contributed by atoms with Gasteiger partial charge in [0.1, 0.15) is 11.4 Å². The summed E-state index contributed by atoms with van der Waals surface area (Å²) >= 11 is 0. The van der Waals surface area contributed by atoms with Crippen LogP contribution < -0.4 is 4.74 Å². The number of aromatic nitrogens is 1. The van der Waals surface area contributed by atoms with E-state index in [9.17, 15) is 18.0 Å². The van der Waals surface area contributed by atoms with Crippen molar-refractivity contribution in [1.29, 1.82) is 0 Å². The maximum Gasteiger partial charge on any atom is 0.357 e. The van der Waals surface area contributed by atoms with Gasteiger partial charge in [0.05, 0.1) is 13.2 Å². The lowest BCUT2D eigenvalue weighted by Crippen LogP contribution is -2.42. The van der Waals surface area contributed by atoms with E-state index in [1.54, 1.807) is 32.9 Å². The zero-order valence-electron chi connectivity index (χ0n) is 16.4. The summed E-state index contributed by atoms with van der Waals surface area (Å²) in [4.78, 5) is 16.5. The highest BCUT2D eigenvalue weighted by Gasteiger charge is 2.36. The highest BCUT2D eigenvalue weighted by atomic mass is 19.3. The number of hydrogen-bond acceptors (Lipinski definition) is 5. The maximum atomic E-state index is 14.7. The maximum absolute atomic E-state index is 14.7. The summed E-state index contributed by atoms with van der Waals surface area (Å²) in [5, 5.41) is 0. The van der Waals surface area contributed by atoms with Crippen LogP contribution in [0.15, 0.2) is 24.3 Å². The Morgan fingerprint density at radius 3 is 2.72 bits per heavy atom. The van der Waals surface area contributed by atoms with Crippen LogP contribution in [0.2, 0.25) is 0 Å². The van der Waals surface area contributed by atoms with Crippen LogP contribution in [0.1, 0.15) is 41.9 Å². The number of hydrogen-bond donors (Lipinski definition) is 0. The first kappa shape index (κ1) is 21.1. The van der Waals surface area contributed by atoms with Crippen LogP contribution in [0.4, 0.5) is 13.2 Å². The molecule has 0 spiro atoms. The molecule has 5 nitrogen and oxygen atoms in total. The Hall–Kier alpha value is -2.61. The number of aryl methyl sites for hydroxylation is 1. The molecule has 1 unspecified atom stereocenters. The molecule has 0 N–H and O–H groups in total. The van der Waals surface area contributed by atoms with E-state index in [-0.39, 0.29) is 24.8 Å². The molecule has 0 amide bonds. The molecule has 0 saturated heterocycles. The molecule has 0 fully saturated rings. The van der Waals surface area contributed by atoms with Gasteiger partial charge in [-0.05, 0) is 56.9 Å². The minimum Gasteiger partial charge on any atom is -0.469 e. The molecule has 29 heavy (non-hydrogen) atoms. The molecule has 0 radical (unpaired) electrons. The van der Waals surface area contributed by atoms with E-state index in [1.807, 2.05) is 0 Å². The first-order chi connectivity index (χ1) is 13.7. The molecule has 0 saturated carbocycles. The van der Waals surface area contributed by atoms with Gasteiger partial charge in [0.2, 0.25) is 5.88 Å². The molecule has 2 heterocycles. The second-order valence-electron chi connectivity index (χ2n) is 7.17. The molecule has 0 aliphatic carbocycles. The predicted octanol–water partition coefficient (Wildman–Crippen LogP) is 4.70. The van der Waals surface area contributed by atoms with Gasteiger partial charge in [0.25, 0.3) is 0 Å². The lowest BCUT2D eigenvalue weighted by Gasteiger charge is -2.35. The molecule has 8 heteroatoms. The van der Waals surface area contributed by atoms with Crippen LogP contribution in [-0.4, -0.2) is 36.4 Å². The second kappa shape index (κ2) is 8.41. The number of carbonyl (C=O) groups is 1. The monoisotopic (exact) mass is 409 g/mol. The number of alkyl halides is 2. The smallest absolute Gasteiger partial charge is 0.357 e. The van der Waals surface area contributed by atoms with Crippen LogP contribution >= 0.6 is 0 Å². The van der Waals surface area contributed by atoms with Gasteiger partial charge in [-0.3, -0.25) is 0 Å². The molecule has 1 atom stereocenters. The number of rotatable bonds is 6. The van der Waals surface area contributed by atoms with Gasteiger partial charge in [-0.2, -0.15) is 8.78 Å². The Bertz CT molecular complexity index is 919. The number of halogens is 3. The molecule has 156 valence electrons. The summed E-state index contributed by atoms with van der Waals surface area (Å²) in [5.74, 6) is -1.02. The molecular weight excluding hydrogens is 387 g/mol. The molecule has 3 rings (SSSR count). The summed E-state index contributed by atoms with van der Waals surface area (Å²) in [6.07, 6.45) is 0.769. The minimum absolute atomic E-state index is 0.0420. The van der Waals surface area contributed by atoms with Crippen molar-refractivity contribution in [3.05, 3.63) is 46.9 Å². The van der Waals surface area contributed by atoms with Gasteiger partial charge in [-0.15, -0.1) is 0 Å². The Morgan fingerprint density at radius 1 is 1.31 bits per heavy atom. The fraction of sp³-hybridized carbons (Fsp3) is 0.429. The molecule has 1 aromatic heterocycles. The third-order valence-electron chi connectivity index (χ3n) is 4.75. The first-order valence-corrected chi connectivity index (χ1v) is 9.29. The highest BCUT2D eigenvalue weighted by Crippen LogP contribution is 2.39. The lowest BCUT2D eigenvalue weighted by molar-refractivity contribution is -0.164. The second-order valence-corrected chi connectivity index (χ2v) is 7.17. The number of esters is 1. The number of carbonyl (C=O) groups excluding carboxylic acids is 1. The predicted molar refractivity (Wildman–Crippen MR) is 99.6 cm³/mol. The molecule has 1 aromatic carbocycles. The number of benzene rings is 1. The Morgan fingerprint density at radius 2 is 2.07 bits per heavy atom. The van der Waals surface area contributed by atoms with Gasteiger partial charge in [0.15, 0.2) is 5.69 Å².